The molecule has 0 unspecified atom stereocenters. The van der Waals surface area contributed by atoms with Gasteiger partial charge in [-0.2, -0.15) is 5.26 Å². The van der Waals surface area contributed by atoms with Gasteiger partial charge in [-0.3, -0.25) is 0 Å². The second-order valence-corrected chi connectivity index (χ2v) is 3.71. The van der Waals surface area contributed by atoms with Crippen molar-refractivity contribution in [2.24, 2.45) is 0 Å². The normalized spacial score (nSPS) is 16.1. The van der Waals surface area contributed by atoms with Gasteiger partial charge < -0.3 is 9.64 Å². The molecule has 1 aromatic rings. The molecule has 1 aliphatic rings. The number of benzene rings is 1. The van der Waals surface area contributed by atoms with Crippen molar-refractivity contribution in [1.82, 2.24) is 0 Å². The van der Waals surface area contributed by atoms with E-state index in [0.29, 0.717) is 0 Å². The number of nitriles is 1. The molecule has 0 saturated carbocycles. The molecular weight excluding hydrogens is 188 g/mol. The van der Waals surface area contributed by atoms with Crippen LogP contribution in [0.4, 0.5) is 5.69 Å². The Morgan fingerprint density at radius 1 is 1.33 bits per heavy atom. The zero-order valence-corrected chi connectivity index (χ0v) is 8.86. The predicted molar refractivity (Wildman–Crippen MR) is 58.9 cm³/mol. The highest BCUT2D eigenvalue weighted by atomic mass is 16.5. The summed E-state index contributed by atoms with van der Waals surface area (Å²) in [6.07, 6.45) is 0. The van der Waals surface area contributed by atoms with E-state index in [9.17, 15) is 0 Å². The molecule has 0 spiro atoms. The zero-order valence-electron chi connectivity index (χ0n) is 8.86. The lowest BCUT2D eigenvalue weighted by atomic mass is 10.1. The fraction of sp³-hybridized carbons (Fsp3) is 0.417. The van der Waals surface area contributed by atoms with Crippen LogP contribution in [0.2, 0.25) is 0 Å². The predicted octanol–water partition coefficient (Wildman–Crippen LogP) is 1.70. The maximum atomic E-state index is 8.86. The van der Waals surface area contributed by atoms with E-state index in [1.165, 1.54) is 5.56 Å². The first-order valence-corrected chi connectivity index (χ1v) is 5.15. The average molecular weight is 202 g/mol. The molecule has 1 saturated heterocycles. The van der Waals surface area contributed by atoms with Gasteiger partial charge in [0.15, 0.2) is 0 Å². The van der Waals surface area contributed by atoms with Gasteiger partial charge in [0, 0.05) is 18.8 Å². The van der Waals surface area contributed by atoms with Crippen LogP contribution in [0.1, 0.15) is 11.1 Å². The summed E-state index contributed by atoms with van der Waals surface area (Å²) < 4.78 is 5.31. The number of hydrogen-bond acceptors (Lipinski definition) is 3. The van der Waals surface area contributed by atoms with E-state index in [1.807, 2.05) is 18.2 Å². The molecule has 0 atom stereocenters. The van der Waals surface area contributed by atoms with Gasteiger partial charge in [0.1, 0.15) is 0 Å². The average Bonchev–Trinajstić information content (AvgIpc) is 2.31. The van der Waals surface area contributed by atoms with E-state index in [-0.39, 0.29) is 0 Å². The quantitative estimate of drug-likeness (QED) is 0.695. The molecule has 3 nitrogen and oxygen atoms in total. The number of ether oxygens (including phenoxy) is 1. The Labute approximate surface area is 89.9 Å². The van der Waals surface area contributed by atoms with Gasteiger partial charge in [0.2, 0.25) is 0 Å². The van der Waals surface area contributed by atoms with Gasteiger partial charge in [-0.25, -0.2) is 0 Å². The van der Waals surface area contributed by atoms with E-state index in [4.69, 9.17) is 10.00 Å². The third-order valence-corrected chi connectivity index (χ3v) is 2.69. The van der Waals surface area contributed by atoms with E-state index < -0.39 is 0 Å². The van der Waals surface area contributed by atoms with Crippen molar-refractivity contribution in [2.45, 2.75) is 6.92 Å². The lowest BCUT2D eigenvalue weighted by Gasteiger charge is -2.30. The van der Waals surface area contributed by atoms with Crippen LogP contribution in [0.5, 0.6) is 0 Å². The molecule has 0 radical (unpaired) electrons. The van der Waals surface area contributed by atoms with Crippen molar-refractivity contribution >= 4 is 5.69 Å². The van der Waals surface area contributed by atoms with Crippen LogP contribution in [-0.2, 0) is 4.74 Å². The largest absolute Gasteiger partial charge is 0.378 e. The molecule has 78 valence electrons. The maximum Gasteiger partial charge on any atom is 0.0992 e. The molecule has 2 rings (SSSR count). The summed E-state index contributed by atoms with van der Waals surface area (Å²) in [5.41, 5.74) is 3.11. The van der Waals surface area contributed by atoms with Crippen LogP contribution in [0.25, 0.3) is 0 Å². The maximum absolute atomic E-state index is 8.86. The minimum absolute atomic E-state index is 0.724. The lowest BCUT2D eigenvalue weighted by Crippen LogP contribution is -2.36. The fourth-order valence-corrected chi connectivity index (χ4v) is 1.82. The molecule has 0 bridgehead atoms. The molecule has 3 heteroatoms. The highest BCUT2D eigenvalue weighted by Crippen LogP contribution is 2.22. The molecule has 1 fully saturated rings. The first kappa shape index (κ1) is 10.0. The first-order valence-electron chi connectivity index (χ1n) is 5.15. The summed E-state index contributed by atoms with van der Waals surface area (Å²) in [5, 5.41) is 8.86. The summed E-state index contributed by atoms with van der Waals surface area (Å²) in [6.45, 7) is 5.45. The van der Waals surface area contributed by atoms with E-state index >= 15 is 0 Å². The topological polar surface area (TPSA) is 36.3 Å². The van der Waals surface area contributed by atoms with Crippen LogP contribution < -0.4 is 4.90 Å². The molecule has 0 N–H and O–H groups in total. The molecule has 0 aromatic heterocycles. The van der Waals surface area contributed by atoms with E-state index in [0.717, 1.165) is 37.6 Å². The third-order valence-electron chi connectivity index (χ3n) is 2.69. The summed E-state index contributed by atoms with van der Waals surface area (Å²) in [7, 11) is 0. The second-order valence-electron chi connectivity index (χ2n) is 3.71. The smallest absolute Gasteiger partial charge is 0.0992 e. The monoisotopic (exact) mass is 202 g/mol. The molecule has 0 amide bonds. The highest BCUT2D eigenvalue weighted by molar-refractivity contribution is 5.57. The van der Waals surface area contributed by atoms with Crippen molar-refractivity contribution in [3.8, 4) is 6.07 Å². The standard InChI is InChI=1S/C12H14N2O/c1-10-2-3-11(9-13)8-12(10)14-4-6-15-7-5-14/h2-3,8H,4-7H2,1H3. The lowest BCUT2D eigenvalue weighted by molar-refractivity contribution is 0.122. The number of rotatable bonds is 1. The number of aryl methyl sites for hydroxylation is 1. The summed E-state index contributed by atoms with van der Waals surface area (Å²) in [6, 6.07) is 8.00. The SMILES string of the molecule is Cc1ccc(C#N)cc1N1CCOCC1. The van der Waals surface area contributed by atoms with Crippen LogP contribution in [0.15, 0.2) is 18.2 Å². The van der Waals surface area contributed by atoms with E-state index in [2.05, 4.69) is 17.9 Å². The number of nitrogens with zero attached hydrogens (tertiary/aromatic N) is 2. The Morgan fingerprint density at radius 3 is 2.73 bits per heavy atom. The molecule has 0 aliphatic carbocycles. The Morgan fingerprint density at radius 2 is 2.07 bits per heavy atom. The van der Waals surface area contributed by atoms with Crippen molar-refractivity contribution in [2.75, 3.05) is 31.2 Å². The van der Waals surface area contributed by atoms with Crippen molar-refractivity contribution < 1.29 is 4.74 Å². The number of anilines is 1. The Balaban J connectivity index is 2.29. The zero-order chi connectivity index (χ0) is 10.7. The van der Waals surface area contributed by atoms with Gasteiger partial charge in [0.05, 0.1) is 24.8 Å². The molecule has 1 aromatic carbocycles. The fourth-order valence-electron chi connectivity index (χ4n) is 1.82. The van der Waals surface area contributed by atoms with Gasteiger partial charge in [0.25, 0.3) is 0 Å². The van der Waals surface area contributed by atoms with Crippen molar-refractivity contribution in [3.63, 3.8) is 0 Å². The summed E-state index contributed by atoms with van der Waals surface area (Å²) in [4.78, 5) is 2.28. The molecule has 1 aliphatic heterocycles. The Hall–Kier alpha value is -1.53. The minimum atomic E-state index is 0.724. The minimum Gasteiger partial charge on any atom is -0.378 e. The van der Waals surface area contributed by atoms with Gasteiger partial charge in [-0.05, 0) is 24.6 Å². The summed E-state index contributed by atoms with van der Waals surface area (Å²) >= 11 is 0. The van der Waals surface area contributed by atoms with Gasteiger partial charge >= 0.3 is 0 Å². The van der Waals surface area contributed by atoms with Crippen molar-refractivity contribution in [1.29, 1.82) is 5.26 Å². The second kappa shape index (κ2) is 4.33. The molecular formula is C12H14N2O. The van der Waals surface area contributed by atoms with Crippen LogP contribution in [0.3, 0.4) is 0 Å². The van der Waals surface area contributed by atoms with Crippen LogP contribution in [0, 0.1) is 18.3 Å². The highest BCUT2D eigenvalue weighted by Gasteiger charge is 2.13. The van der Waals surface area contributed by atoms with Gasteiger partial charge in [-0.1, -0.05) is 6.07 Å². The third kappa shape index (κ3) is 2.11. The van der Waals surface area contributed by atoms with Crippen molar-refractivity contribution in [3.05, 3.63) is 29.3 Å². The molecule has 15 heavy (non-hydrogen) atoms. The number of hydrogen-bond donors (Lipinski definition) is 0. The summed E-state index contributed by atoms with van der Waals surface area (Å²) in [5.74, 6) is 0. The molecule has 1 heterocycles. The van der Waals surface area contributed by atoms with Crippen LogP contribution >= 0.6 is 0 Å². The van der Waals surface area contributed by atoms with Gasteiger partial charge in [-0.15, -0.1) is 0 Å². The number of morpholine rings is 1. The Bertz CT molecular complexity index is 389. The van der Waals surface area contributed by atoms with E-state index in [1.54, 1.807) is 0 Å². The van der Waals surface area contributed by atoms with Crippen LogP contribution in [-0.4, -0.2) is 26.3 Å². The first-order chi connectivity index (χ1) is 7.31. The Kier molecular flexibility index (Phi) is 2.89.